The molecule has 5 heteroatoms. The fourth-order valence-corrected chi connectivity index (χ4v) is 1.80. The highest BCUT2D eigenvalue weighted by Crippen LogP contribution is 2.02. The molecule has 5 nitrogen and oxygen atoms in total. The van der Waals surface area contributed by atoms with E-state index < -0.39 is 0 Å². The highest BCUT2D eigenvalue weighted by Gasteiger charge is 2.01. The van der Waals surface area contributed by atoms with Crippen molar-refractivity contribution in [1.29, 1.82) is 0 Å². The maximum atomic E-state index is 11.1. The van der Waals surface area contributed by atoms with E-state index in [1.807, 2.05) is 18.5 Å². The van der Waals surface area contributed by atoms with Gasteiger partial charge in [-0.15, -0.1) is 0 Å². The van der Waals surface area contributed by atoms with Crippen molar-refractivity contribution in [3.05, 3.63) is 17.5 Å². The maximum Gasteiger partial charge on any atom is 0.307 e. The van der Waals surface area contributed by atoms with E-state index in [4.69, 9.17) is 4.74 Å². The first-order valence-corrected chi connectivity index (χ1v) is 6.51. The summed E-state index contributed by atoms with van der Waals surface area (Å²) in [4.78, 5) is 11.1. The minimum absolute atomic E-state index is 0.136. The zero-order valence-electron chi connectivity index (χ0n) is 11.5. The smallest absolute Gasteiger partial charge is 0.307 e. The van der Waals surface area contributed by atoms with E-state index in [1.165, 1.54) is 5.69 Å². The molecule has 0 saturated carbocycles. The maximum absolute atomic E-state index is 11.1. The van der Waals surface area contributed by atoms with E-state index in [0.29, 0.717) is 19.6 Å². The normalized spacial score (nSPS) is 10.6. The topological polar surface area (TPSA) is 56.1 Å². The third kappa shape index (κ3) is 5.31. The second kappa shape index (κ2) is 7.87. The molecule has 0 unspecified atom stereocenters. The summed E-state index contributed by atoms with van der Waals surface area (Å²) >= 11 is 0. The fourth-order valence-electron chi connectivity index (χ4n) is 1.80. The molecule has 1 aromatic rings. The number of nitrogens with one attached hydrogen (secondary N) is 1. The van der Waals surface area contributed by atoms with Crippen LogP contribution in [0.1, 0.15) is 31.2 Å². The van der Waals surface area contributed by atoms with Crippen LogP contribution in [0.2, 0.25) is 0 Å². The van der Waals surface area contributed by atoms with E-state index in [0.717, 1.165) is 25.2 Å². The van der Waals surface area contributed by atoms with Gasteiger partial charge in [-0.3, -0.25) is 9.48 Å². The van der Waals surface area contributed by atoms with Crippen LogP contribution in [0.4, 0.5) is 0 Å². The van der Waals surface area contributed by atoms with Crippen molar-refractivity contribution in [1.82, 2.24) is 15.1 Å². The Bertz CT molecular complexity index is 374. The monoisotopic (exact) mass is 253 g/mol. The standard InChI is InChI=1S/C13H23N3O2/c1-4-18-13(17)6-8-14-7-5-9-16-12(3)10-11(2)15-16/h10,14H,4-9H2,1-3H3. The van der Waals surface area contributed by atoms with Crippen LogP contribution >= 0.6 is 0 Å². The zero-order valence-corrected chi connectivity index (χ0v) is 11.5. The molecular formula is C13H23N3O2. The molecule has 18 heavy (non-hydrogen) atoms. The van der Waals surface area contributed by atoms with Gasteiger partial charge in [-0.05, 0) is 39.8 Å². The number of carbonyl (C=O) groups is 1. The van der Waals surface area contributed by atoms with Crippen molar-refractivity contribution in [3.8, 4) is 0 Å². The number of hydrogen-bond donors (Lipinski definition) is 1. The Labute approximate surface area is 109 Å². The van der Waals surface area contributed by atoms with E-state index in [1.54, 1.807) is 0 Å². The van der Waals surface area contributed by atoms with Gasteiger partial charge in [0.2, 0.25) is 0 Å². The van der Waals surface area contributed by atoms with Crippen molar-refractivity contribution in [3.63, 3.8) is 0 Å². The summed E-state index contributed by atoms with van der Waals surface area (Å²) in [5.74, 6) is -0.136. The van der Waals surface area contributed by atoms with Gasteiger partial charge in [0, 0.05) is 18.8 Å². The van der Waals surface area contributed by atoms with Gasteiger partial charge < -0.3 is 10.1 Å². The summed E-state index contributed by atoms with van der Waals surface area (Å²) in [5, 5.41) is 7.62. The minimum atomic E-state index is -0.136. The molecule has 0 amide bonds. The molecule has 0 aliphatic carbocycles. The van der Waals surface area contributed by atoms with Gasteiger partial charge in [-0.25, -0.2) is 0 Å². The quantitative estimate of drug-likeness (QED) is 0.562. The molecule has 1 heterocycles. The van der Waals surface area contributed by atoms with Crippen LogP contribution in [0, 0.1) is 13.8 Å². The van der Waals surface area contributed by atoms with Gasteiger partial charge >= 0.3 is 5.97 Å². The lowest BCUT2D eigenvalue weighted by atomic mass is 10.3. The summed E-state index contributed by atoms with van der Waals surface area (Å²) in [7, 11) is 0. The summed E-state index contributed by atoms with van der Waals surface area (Å²) in [5.41, 5.74) is 2.25. The molecule has 0 aliphatic heterocycles. The lowest BCUT2D eigenvalue weighted by Crippen LogP contribution is -2.21. The first-order chi connectivity index (χ1) is 8.63. The first-order valence-electron chi connectivity index (χ1n) is 6.51. The molecule has 102 valence electrons. The van der Waals surface area contributed by atoms with Crippen molar-refractivity contribution < 1.29 is 9.53 Å². The van der Waals surface area contributed by atoms with Crippen molar-refractivity contribution in [2.24, 2.45) is 0 Å². The number of ether oxygens (including phenoxy) is 1. The highest BCUT2D eigenvalue weighted by molar-refractivity contribution is 5.69. The lowest BCUT2D eigenvalue weighted by molar-refractivity contribution is -0.142. The molecular weight excluding hydrogens is 230 g/mol. The number of aromatic nitrogens is 2. The SMILES string of the molecule is CCOC(=O)CCNCCCn1nc(C)cc1C. The number of nitrogens with zero attached hydrogens (tertiary/aromatic N) is 2. The van der Waals surface area contributed by atoms with Crippen LogP contribution in [-0.4, -0.2) is 35.4 Å². The average Bonchev–Trinajstić information content (AvgIpc) is 2.62. The van der Waals surface area contributed by atoms with E-state index in [9.17, 15) is 4.79 Å². The highest BCUT2D eigenvalue weighted by atomic mass is 16.5. The van der Waals surface area contributed by atoms with Gasteiger partial charge in [0.15, 0.2) is 0 Å². The molecule has 0 saturated heterocycles. The van der Waals surface area contributed by atoms with Crippen LogP contribution in [0.15, 0.2) is 6.07 Å². The molecule has 0 bridgehead atoms. The van der Waals surface area contributed by atoms with E-state index >= 15 is 0 Å². The summed E-state index contributed by atoms with van der Waals surface area (Å²) in [6, 6.07) is 2.08. The zero-order chi connectivity index (χ0) is 13.4. The Kier molecular flexibility index (Phi) is 6.43. The van der Waals surface area contributed by atoms with Crippen molar-refractivity contribution in [2.75, 3.05) is 19.7 Å². The fraction of sp³-hybridized carbons (Fsp3) is 0.692. The van der Waals surface area contributed by atoms with E-state index in [2.05, 4.69) is 23.4 Å². The lowest BCUT2D eigenvalue weighted by Gasteiger charge is -2.06. The molecule has 1 aromatic heterocycles. The van der Waals surface area contributed by atoms with Crippen LogP contribution in [0.25, 0.3) is 0 Å². The molecule has 0 spiro atoms. The van der Waals surface area contributed by atoms with Crippen LogP contribution in [-0.2, 0) is 16.1 Å². The predicted molar refractivity (Wildman–Crippen MR) is 70.4 cm³/mol. The van der Waals surface area contributed by atoms with Crippen molar-refractivity contribution in [2.45, 2.75) is 40.2 Å². The van der Waals surface area contributed by atoms with Gasteiger partial charge in [-0.2, -0.15) is 5.10 Å². The molecule has 1 rings (SSSR count). The molecule has 0 aromatic carbocycles. The van der Waals surface area contributed by atoms with Gasteiger partial charge in [0.25, 0.3) is 0 Å². The second-order valence-corrected chi connectivity index (χ2v) is 4.31. The molecule has 1 N–H and O–H groups in total. The first kappa shape index (κ1) is 14.7. The Hall–Kier alpha value is -1.36. The van der Waals surface area contributed by atoms with Crippen LogP contribution in [0.5, 0.6) is 0 Å². The second-order valence-electron chi connectivity index (χ2n) is 4.31. The van der Waals surface area contributed by atoms with Crippen LogP contribution < -0.4 is 5.32 Å². The predicted octanol–water partition coefficient (Wildman–Crippen LogP) is 1.43. The minimum Gasteiger partial charge on any atom is -0.466 e. The molecule has 0 aliphatic rings. The van der Waals surface area contributed by atoms with Gasteiger partial charge in [-0.1, -0.05) is 0 Å². The van der Waals surface area contributed by atoms with Gasteiger partial charge in [0.1, 0.15) is 0 Å². The van der Waals surface area contributed by atoms with E-state index in [-0.39, 0.29) is 5.97 Å². The largest absolute Gasteiger partial charge is 0.466 e. The number of rotatable bonds is 8. The Morgan fingerprint density at radius 2 is 2.22 bits per heavy atom. The summed E-state index contributed by atoms with van der Waals surface area (Å²) < 4.78 is 6.86. The Balaban J connectivity index is 2.05. The molecule has 0 radical (unpaired) electrons. The number of esters is 1. The summed E-state index contributed by atoms with van der Waals surface area (Å²) in [6.07, 6.45) is 1.44. The average molecular weight is 253 g/mol. The third-order valence-electron chi connectivity index (χ3n) is 2.64. The number of aryl methyl sites for hydroxylation is 3. The number of hydrogen-bond acceptors (Lipinski definition) is 4. The Morgan fingerprint density at radius 1 is 1.44 bits per heavy atom. The van der Waals surface area contributed by atoms with Crippen molar-refractivity contribution >= 4 is 5.97 Å². The Morgan fingerprint density at radius 3 is 2.83 bits per heavy atom. The molecule has 0 atom stereocenters. The molecule has 0 fully saturated rings. The van der Waals surface area contributed by atoms with Crippen LogP contribution in [0.3, 0.4) is 0 Å². The van der Waals surface area contributed by atoms with Gasteiger partial charge in [0.05, 0.1) is 18.7 Å². The number of carbonyl (C=O) groups excluding carboxylic acids is 1. The third-order valence-corrected chi connectivity index (χ3v) is 2.64. The summed E-state index contributed by atoms with van der Waals surface area (Å²) in [6.45, 7) is 8.81.